The summed E-state index contributed by atoms with van der Waals surface area (Å²) in [6.07, 6.45) is 1.39. The number of pyridine rings is 1. The van der Waals surface area contributed by atoms with E-state index in [0.717, 1.165) is 12.1 Å². The Kier molecular flexibility index (Phi) is 8.68. The molecule has 0 aliphatic heterocycles. The number of thiophene rings is 1. The van der Waals surface area contributed by atoms with Gasteiger partial charge in [-0.3, -0.25) is 14.4 Å². The van der Waals surface area contributed by atoms with Crippen LogP contribution in [0.3, 0.4) is 0 Å². The number of H-pyrrole nitrogens is 1. The van der Waals surface area contributed by atoms with Gasteiger partial charge in [0.1, 0.15) is 6.04 Å². The Balaban J connectivity index is 1.57. The zero-order valence-electron chi connectivity index (χ0n) is 19.3. The van der Waals surface area contributed by atoms with E-state index < -0.39 is 23.8 Å². The lowest BCUT2D eigenvalue weighted by Gasteiger charge is -2.17. The van der Waals surface area contributed by atoms with Crippen LogP contribution < -0.4 is 21.5 Å². The number of carbonyl (C=O) groups excluding carboxylic acids is 2. The van der Waals surface area contributed by atoms with Crippen molar-refractivity contribution in [3.05, 3.63) is 73.6 Å². The lowest BCUT2D eigenvalue weighted by molar-refractivity contribution is -0.139. The second kappa shape index (κ2) is 11.9. The number of amides is 2. The van der Waals surface area contributed by atoms with E-state index in [-0.39, 0.29) is 17.7 Å². The van der Waals surface area contributed by atoms with Crippen molar-refractivity contribution in [2.45, 2.75) is 32.7 Å². The van der Waals surface area contributed by atoms with E-state index in [9.17, 15) is 24.3 Å². The molecule has 1 atom stereocenters. The third-order valence-electron chi connectivity index (χ3n) is 5.05. The molecule has 1 unspecified atom stereocenters. The van der Waals surface area contributed by atoms with Gasteiger partial charge in [0.25, 0.3) is 11.8 Å². The molecule has 3 rings (SSSR count). The van der Waals surface area contributed by atoms with E-state index in [1.807, 2.05) is 6.07 Å². The Labute approximate surface area is 205 Å². The van der Waals surface area contributed by atoms with Gasteiger partial charge in [-0.2, -0.15) is 0 Å². The SMILES string of the molecule is Cc1nc(NCCCc2cccc(=O)[nH]2)nc(C)c1C(=O)NC(CNC(=O)c1cccs1)C(=O)O. The highest BCUT2D eigenvalue weighted by atomic mass is 32.1. The zero-order chi connectivity index (χ0) is 25.4. The molecule has 3 aromatic rings. The molecule has 5 N–H and O–H groups in total. The number of nitrogens with one attached hydrogen (secondary N) is 4. The number of aliphatic carboxylic acids is 1. The van der Waals surface area contributed by atoms with Gasteiger partial charge in [-0.25, -0.2) is 14.8 Å². The monoisotopic (exact) mass is 498 g/mol. The molecule has 0 fully saturated rings. The van der Waals surface area contributed by atoms with Crippen molar-refractivity contribution < 1.29 is 19.5 Å². The first-order chi connectivity index (χ1) is 16.7. The van der Waals surface area contributed by atoms with E-state index in [1.54, 1.807) is 37.4 Å². The Morgan fingerprint density at radius 2 is 1.83 bits per heavy atom. The Morgan fingerprint density at radius 1 is 1.09 bits per heavy atom. The maximum absolute atomic E-state index is 12.8. The minimum atomic E-state index is -1.33. The first-order valence-corrected chi connectivity index (χ1v) is 11.7. The highest BCUT2D eigenvalue weighted by Gasteiger charge is 2.24. The molecule has 2 amide bonds. The average Bonchev–Trinajstić information content (AvgIpc) is 3.34. The van der Waals surface area contributed by atoms with Crippen LogP contribution in [-0.4, -0.2) is 57.0 Å². The summed E-state index contributed by atoms with van der Waals surface area (Å²) in [6.45, 7) is 3.55. The van der Waals surface area contributed by atoms with Crippen LogP contribution in [0, 0.1) is 13.8 Å². The summed E-state index contributed by atoms with van der Waals surface area (Å²) in [5.41, 5.74) is 1.63. The van der Waals surface area contributed by atoms with Crippen LogP contribution in [0.1, 0.15) is 43.5 Å². The van der Waals surface area contributed by atoms with Gasteiger partial charge in [-0.15, -0.1) is 11.3 Å². The Bertz CT molecular complexity index is 1230. The molecular formula is C23H26N6O5S. The van der Waals surface area contributed by atoms with Crippen LogP contribution in [0.2, 0.25) is 0 Å². The Hall–Kier alpha value is -4.06. The van der Waals surface area contributed by atoms with Crippen LogP contribution >= 0.6 is 11.3 Å². The average molecular weight is 499 g/mol. The van der Waals surface area contributed by atoms with Crippen molar-refractivity contribution in [1.82, 2.24) is 25.6 Å². The number of aromatic nitrogens is 3. The van der Waals surface area contributed by atoms with Crippen LogP contribution in [-0.2, 0) is 11.2 Å². The van der Waals surface area contributed by atoms with Crippen molar-refractivity contribution in [3.63, 3.8) is 0 Å². The van der Waals surface area contributed by atoms with Gasteiger partial charge in [0, 0.05) is 24.8 Å². The second-order valence-electron chi connectivity index (χ2n) is 7.72. The van der Waals surface area contributed by atoms with Crippen molar-refractivity contribution in [2.75, 3.05) is 18.4 Å². The first-order valence-electron chi connectivity index (χ1n) is 10.9. The normalized spacial score (nSPS) is 11.5. The van der Waals surface area contributed by atoms with E-state index in [4.69, 9.17) is 0 Å². The minimum Gasteiger partial charge on any atom is -0.480 e. The summed E-state index contributed by atoms with van der Waals surface area (Å²) in [7, 11) is 0. The third kappa shape index (κ3) is 7.21. The Morgan fingerprint density at radius 3 is 2.46 bits per heavy atom. The molecule has 0 saturated heterocycles. The number of aryl methyl sites for hydroxylation is 3. The number of anilines is 1. The molecule has 0 aliphatic carbocycles. The molecule has 0 saturated carbocycles. The van der Waals surface area contributed by atoms with Crippen LogP contribution in [0.25, 0.3) is 0 Å². The molecule has 0 spiro atoms. The zero-order valence-corrected chi connectivity index (χ0v) is 20.1. The maximum Gasteiger partial charge on any atom is 0.328 e. The number of hydrogen-bond acceptors (Lipinski definition) is 8. The summed E-state index contributed by atoms with van der Waals surface area (Å²) < 4.78 is 0. The molecule has 0 radical (unpaired) electrons. The molecule has 35 heavy (non-hydrogen) atoms. The van der Waals surface area contributed by atoms with Crippen molar-refractivity contribution >= 4 is 35.1 Å². The van der Waals surface area contributed by atoms with Gasteiger partial charge in [0.05, 0.1) is 21.8 Å². The highest BCUT2D eigenvalue weighted by molar-refractivity contribution is 7.12. The van der Waals surface area contributed by atoms with Crippen LogP contribution in [0.4, 0.5) is 5.95 Å². The fourth-order valence-electron chi connectivity index (χ4n) is 3.36. The number of rotatable bonds is 11. The third-order valence-corrected chi connectivity index (χ3v) is 5.92. The molecule has 0 bridgehead atoms. The van der Waals surface area contributed by atoms with E-state index in [1.165, 1.54) is 17.4 Å². The highest BCUT2D eigenvalue weighted by Crippen LogP contribution is 2.13. The molecule has 12 heteroatoms. The molecule has 0 aromatic carbocycles. The topological polar surface area (TPSA) is 166 Å². The fourth-order valence-corrected chi connectivity index (χ4v) is 4.00. The van der Waals surface area contributed by atoms with Crippen molar-refractivity contribution in [1.29, 1.82) is 0 Å². The molecular weight excluding hydrogens is 472 g/mol. The van der Waals surface area contributed by atoms with Crippen LogP contribution in [0.5, 0.6) is 0 Å². The number of nitrogens with zero attached hydrogens (tertiary/aromatic N) is 2. The van der Waals surface area contributed by atoms with E-state index in [2.05, 4.69) is 30.9 Å². The van der Waals surface area contributed by atoms with Gasteiger partial charge in [0.2, 0.25) is 11.5 Å². The van der Waals surface area contributed by atoms with Gasteiger partial charge in [-0.05, 0) is 44.2 Å². The fraction of sp³-hybridized carbons (Fsp3) is 0.304. The summed E-state index contributed by atoms with van der Waals surface area (Å²) in [6, 6.07) is 7.01. The lowest BCUT2D eigenvalue weighted by Crippen LogP contribution is -2.48. The van der Waals surface area contributed by atoms with E-state index >= 15 is 0 Å². The first kappa shape index (κ1) is 25.6. The largest absolute Gasteiger partial charge is 0.480 e. The predicted molar refractivity (Wildman–Crippen MR) is 131 cm³/mol. The summed E-state index contributed by atoms with van der Waals surface area (Å²) in [5.74, 6) is -1.99. The smallest absolute Gasteiger partial charge is 0.328 e. The number of carboxylic acid groups (broad SMARTS) is 1. The second-order valence-corrected chi connectivity index (χ2v) is 8.66. The number of carboxylic acids is 1. The van der Waals surface area contributed by atoms with Gasteiger partial charge in [0.15, 0.2) is 0 Å². The van der Waals surface area contributed by atoms with Gasteiger partial charge < -0.3 is 26.0 Å². The molecule has 0 aliphatic rings. The molecule has 184 valence electrons. The summed E-state index contributed by atoms with van der Waals surface area (Å²) >= 11 is 1.23. The standard InChI is InChI=1S/C23H26N6O5S/c1-13-19(21(32)29-16(22(33)34)12-25-20(31)17-8-5-11-35-17)14(2)27-23(26-13)24-10-4-7-15-6-3-9-18(30)28-15/h3,5-6,8-9,11,16H,4,7,10,12H2,1-2H3,(H,25,31)(H,28,30)(H,29,32)(H,33,34)(H,24,26,27). The number of aromatic amines is 1. The minimum absolute atomic E-state index is 0.145. The van der Waals surface area contributed by atoms with Crippen molar-refractivity contribution in [2.24, 2.45) is 0 Å². The van der Waals surface area contributed by atoms with Crippen LogP contribution in [0.15, 0.2) is 40.5 Å². The number of hydrogen-bond donors (Lipinski definition) is 5. The van der Waals surface area contributed by atoms with Gasteiger partial charge in [-0.1, -0.05) is 12.1 Å². The van der Waals surface area contributed by atoms with E-state index in [0.29, 0.717) is 35.2 Å². The molecule has 3 aromatic heterocycles. The van der Waals surface area contributed by atoms with Crippen molar-refractivity contribution in [3.8, 4) is 0 Å². The van der Waals surface area contributed by atoms with Gasteiger partial charge >= 0.3 is 5.97 Å². The molecule has 11 nitrogen and oxygen atoms in total. The lowest BCUT2D eigenvalue weighted by atomic mass is 10.1. The molecule has 3 heterocycles. The quantitative estimate of drug-likeness (QED) is 0.248. The summed E-state index contributed by atoms with van der Waals surface area (Å²) in [4.78, 5) is 59.7. The maximum atomic E-state index is 12.8. The summed E-state index contributed by atoms with van der Waals surface area (Å²) in [5, 5.41) is 19.3. The number of carbonyl (C=O) groups is 3. The predicted octanol–water partition coefficient (Wildman–Crippen LogP) is 1.50.